The zero-order chi connectivity index (χ0) is 25.5. The zero-order valence-electron chi connectivity index (χ0n) is 20.9. The molecule has 0 spiro atoms. The number of carbonyl (C=O) groups is 1. The van der Waals surface area contributed by atoms with Gasteiger partial charge in [0.2, 0.25) is 5.91 Å². The molecule has 4 rings (SSSR count). The lowest BCUT2D eigenvalue weighted by Crippen LogP contribution is -2.51. The van der Waals surface area contributed by atoms with E-state index in [1.807, 2.05) is 60.7 Å². The Morgan fingerprint density at radius 3 is 2.39 bits per heavy atom. The van der Waals surface area contributed by atoms with Gasteiger partial charge in [0.05, 0.1) is 25.3 Å². The van der Waals surface area contributed by atoms with E-state index in [2.05, 4.69) is 16.7 Å². The van der Waals surface area contributed by atoms with Crippen LogP contribution in [0.5, 0.6) is 17.2 Å². The standard InChI is InChI=1S/C29H31N3O4/c1-20(33)32-29(12-13-31-19-29)16-25-27(34-2)14-23(15-28(25)35-3)36-18-22-10-7-11-24(26(22)17-30)21-8-5-4-6-9-21/h4-11,14-15,31H,12-13,16,18-19H2,1-3H3,(H,32,33)/t29-/m1/s1. The highest BCUT2D eigenvalue weighted by atomic mass is 16.5. The fourth-order valence-corrected chi connectivity index (χ4v) is 4.85. The van der Waals surface area contributed by atoms with Crippen LogP contribution in [0.3, 0.4) is 0 Å². The van der Waals surface area contributed by atoms with Crippen LogP contribution in [0.4, 0.5) is 0 Å². The summed E-state index contributed by atoms with van der Waals surface area (Å²) in [6, 6.07) is 21.6. The highest BCUT2D eigenvalue weighted by Gasteiger charge is 2.36. The molecule has 1 fully saturated rings. The molecule has 1 heterocycles. The number of rotatable bonds is 9. The quantitative estimate of drug-likeness (QED) is 0.471. The molecule has 7 nitrogen and oxygen atoms in total. The SMILES string of the molecule is COc1cc(OCc2cccc(-c3ccccc3)c2C#N)cc(OC)c1C[C@]1(NC(C)=O)CCNC1. The van der Waals surface area contributed by atoms with Crippen LogP contribution in [0, 0.1) is 11.3 Å². The first-order valence-electron chi connectivity index (χ1n) is 11.9. The van der Waals surface area contributed by atoms with Crippen molar-refractivity contribution in [1.82, 2.24) is 10.6 Å². The maximum Gasteiger partial charge on any atom is 0.217 e. The van der Waals surface area contributed by atoms with E-state index in [0.29, 0.717) is 35.8 Å². The molecule has 186 valence electrons. The van der Waals surface area contributed by atoms with E-state index in [-0.39, 0.29) is 12.5 Å². The van der Waals surface area contributed by atoms with Crippen LogP contribution in [0.1, 0.15) is 30.0 Å². The first kappa shape index (κ1) is 25.1. The first-order chi connectivity index (χ1) is 17.5. The molecular weight excluding hydrogens is 454 g/mol. The summed E-state index contributed by atoms with van der Waals surface area (Å²) in [4.78, 5) is 11.9. The molecule has 0 bridgehead atoms. The monoisotopic (exact) mass is 485 g/mol. The lowest BCUT2D eigenvalue weighted by molar-refractivity contribution is -0.120. The molecule has 2 N–H and O–H groups in total. The van der Waals surface area contributed by atoms with E-state index in [4.69, 9.17) is 14.2 Å². The van der Waals surface area contributed by atoms with Gasteiger partial charge in [-0.15, -0.1) is 0 Å². The van der Waals surface area contributed by atoms with Crippen molar-refractivity contribution >= 4 is 5.91 Å². The Bertz CT molecular complexity index is 1240. The minimum Gasteiger partial charge on any atom is -0.496 e. The van der Waals surface area contributed by atoms with Crippen LogP contribution >= 0.6 is 0 Å². The fourth-order valence-electron chi connectivity index (χ4n) is 4.85. The first-order valence-corrected chi connectivity index (χ1v) is 11.9. The van der Waals surface area contributed by atoms with Crippen molar-refractivity contribution in [2.24, 2.45) is 0 Å². The molecule has 0 aliphatic carbocycles. The minimum absolute atomic E-state index is 0.0670. The van der Waals surface area contributed by atoms with Gasteiger partial charge >= 0.3 is 0 Å². The summed E-state index contributed by atoms with van der Waals surface area (Å²) in [5, 5.41) is 16.4. The number of hydrogen-bond acceptors (Lipinski definition) is 6. The molecule has 3 aromatic rings. The summed E-state index contributed by atoms with van der Waals surface area (Å²) in [5.41, 5.74) is 3.70. The summed E-state index contributed by atoms with van der Waals surface area (Å²) < 4.78 is 17.6. The maximum atomic E-state index is 11.9. The van der Waals surface area contributed by atoms with E-state index >= 15 is 0 Å². The van der Waals surface area contributed by atoms with Crippen molar-refractivity contribution in [2.45, 2.75) is 31.9 Å². The molecule has 1 saturated heterocycles. The second-order valence-corrected chi connectivity index (χ2v) is 8.98. The third-order valence-corrected chi connectivity index (χ3v) is 6.52. The second kappa shape index (κ2) is 11.1. The van der Waals surface area contributed by atoms with Crippen LogP contribution in [-0.4, -0.2) is 38.8 Å². The van der Waals surface area contributed by atoms with E-state index < -0.39 is 5.54 Å². The normalized spacial score (nSPS) is 16.7. The lowest BCUT2D eigenvalue weighted by atomic mass is 9.88. The van der Waals surface area contributed by atoms with Gasteiger partial charge in [-0.1, -0.05) is 48.5 Å². The van der Waals surface area contributed by atoms with Gasteiger partial charge in [-0.2, -0.15) is 5.26 Å². The summed E-state index contributed by atoms with van der Waals surface area (Å²) in [6.45, 7) is 3.25. The van der Waals surface area contributed by atoms with E-state index in [1.54, 1.807) is 14.2 Å². The van der Waals surface area contributed by atoms with Gasteiger partial charge in [0, 0.05) is 43.1 Å². The number of hydrogen-bond donors (Lipinski definition) is 2. The van der Waals surface area contributed by atoms with Crippen LogP contribution in [-0.2, 0) is 17.8 Å². The number of nitrogens with zero attached hydrogens (tertiary/aromatic N) is 1. The molecule has 0 aromatic heterocycles. The van der Waals surface area contributed by atoms with Crippen LogP contribution in [0.25, 0.3) is 11.1 Å². The number of carbonyl (C=O) groups excluding carboxylic acids is 1. The summed E-state index contributed by atoms with van der Waals surface area (Å²) in [6.07, 6.45) is 1.37. The van der Waals surface area contributed by atoms with Gasteiger partial charge in [0.15, 0.2) is 0 Å². The number of amides is 1. The van der Waals surface area contributed by atoms with Crippen molar-refractivity contribution in [2.75, 3.05) is 27.3 Å². The van der Waals surface area contributed by atoms with Crippen molar-refractivity contribution < 1.29 is 19.0 Å². The number of ether oxygens (including phenoxy) is 3. The Morgan fingerprint density at radius 1 is 1.08 bits per heavy atom. The maximum absolute atomic E-state index is 11.9. The van der Waals surface area contributed by atoms with Crippen molar-refractivity contribution in [3.63, 3.8) is 0 Å². The predicted molar refractivity (Wildman–Crippen MR) is 138 cm³/mol. The van der Waals surface area contributed by atoms with Gasteiger partial charge in [-0.3, -0.25) is 4.79 Å². The summed E-state index contributed by atoms with van der Waals surface area (Å²) in [7, 11) is 3.22. The second-order valence-electron chi connectivity index (χ2n) is 8.98. The van der Waals surface area contributed by atoms with Crippen LogP contribution in [0.15, 0.2) is 60.7 Å². The van der Waals surface area contributed by atoms with Crippen molar-refractivity contribution in [3.05, 3.63) is 77.4 Å². The average molecular weight is 486 g/mol. The highest BCUT2D eigenvalue weighted by Crippen LogP contribution is 2.38. The topological polar surface area (TPSA) is 92.6 Å². The molecule has 1 aliphatic rings. The number of benzene rings is 3. The molecule has 3 aromatic carbocycles. The molecular formula is C29H31N3O4. The van der Waals surface area contributed by atoms with Crippen LogP contribution in [0.2, 0.25) is 0 Å². The Hall–Kier alpha value is -4.02. The molecule has 0 radical (unpaired) electrons. The van der Waals surface area contributed by atoms with Gasteiger partial charge in [0.1, 0.15) is 29.9 Å². The predicted octanol–water partition coefficient (Wildman–Crippen LogP) is 4.23. The molecule has 0 saturated carbocycles. The van der Waals surface area contributed by atoms with Gasteiger partial charge in [0.25, 0.3) is 0 Å². The average Bonchev–Trinajstić information content (AvgIpc) is 3.35. The Balaban J connectivity index is 1.61. The molecule has 1 aliphatic heterocycles. The molecule has 1 atom stereocenters. The van der Waals surface area contributed by atoms with Gasteiger partial charge < -0.3 is 24.8 Å². The molecule has 36 heavy (non-hydrogen) atoms. The van der Waals surface area contributed by atoms with E-state index in [9.17, 15) is 10.1 Å². The van der Waals surface area contributed by atoms with Gasteiger partial charge in [-0.25, -0.2) is 0 Å². The Labute approximate surface area is 212 Å². The third kappa shape index (κ3) is 5.45. The Morgan fingerprint density at radius 2 is 1.81 bits per heavy atom. The third-order valence-electron chi connectivity index (χ3n) is 6.52. The largest absolute Gasteiger partial charge is 0.496 e. The van der Waals surface area contributed by atoms with Crippen molar-refractivity contribution in [3.8, 4) is 34.4 Å². The molecule has 1 amide bonds. The molecule has 7 heteroatoms. The summed E-state index contributed by atoms with van der Waals surface area (Å²) in [5.74, 6) is 1.75. The van der Waals surface area contributed by atoms with E-state index in [0.717, 1.165) is 35.2 Å². The lowest BCUT2D eigenvalue weighted by Gasteiger charge is -2.30. The number of methoxy groups -OCH3 is 2. The zero-order valence-corrected chi connectivity index (χ0v) is 20.9. The van der Waals surface area contributed by atoms with Gasteiger partial charge in [-0.05, 0) is 24.1 Å². The number of nitriles is 1. The van der Waals surface area contributed by atoms with Crippen molar-refractivity contribution in [1.29, 1.82) is 5.26 Å². The molecule has 0 unspecified atom stereocenters. The van der Waals surface area contributed by atoms with Crippen LogP contribution < -0.4 is 24.8 Å². The Kier molecular flexibility index (Phi) is 7.77. The summed E-state index contributed by atoms with van der Waals surface area (Å²) >= 11 is 0. The minimum atomic E-state index is -0.408. The van der Waals surface area contributed by atoms with E-state index in [1.165, 1.54) is 6.92 Å². The number of nitrogens with one attached hydrogen (secondary N) is 2. The highest BCUT2D eigenvalue weighted by molar-refractivity contribution is 5.74. The fraction of sp³-hybridized carbons (Fsp3) is 0.310. The smallest absolute Gasteiger partial charge is 0.217 e.